The molecule has 1 heterocycles. The van der Waals surface area contributed by atoms with Gasteiger partial charge in [0.25, 0.3) is 0 Å². The molecule has 0 bridgehead atoms. The predicted octanol–water partition coefficient (Wildman–Crippen LogP) is 3.43. The summed E-state index contributed by atoms with van der Waals surface area (Å²) in [7, 11) is 0. The van der Waals surface area contributed by atoms with Crippen LogP contribution in [0.4, 0.5) is 4.39 Å². The van der Waals surface area contributed by atoms with Crippen molar-refractivity contribution in [2.24, 2.45) is 11.5 Å². The second kappa shape index (κ2) is 11.2. The summed E-state index contributed by atoms with van der Waals surface area (Å²) in [5.41, 5.74) is 14.1. The molecule has 0 spiro atoms. The lowest BCUT2D eigenvalue weighted by molar-refractivity contribution is -0.139. The molecule has 0 aromatic heterocycles. The monoisotopic (exact) mass is 490 g/mol. The van der Waals surface area contributed by atoms with Gasteiger partial charge in [-0.25, -0.2) is 4.39 Å². The molecule has 1 aliphatic heterocycles. The molecule has 6 nitrogen and oxygen atoms in total. The third-order valence-electron chi connectivity index (χ3n) is 7.41. The van der Waals surface area contributed by atoms with Crippen molar-refractivity contribution in [1.29, 1.82) is 0 Å². The Morgan fingerprint density at radius 1 is 1.03 bits per heavy atom. The number of nitrogens with zero attached hydrogens (tertiary/aromatic N) is 2. The first-order chi connectivity index (χ1) is 17.3. The molecule has 0 aliphatic carbocycles. The number of halogens is 1. The molecule has 3 aromatic carbocycles. The Kier molecular flexibility index (Phi) is 8.01. The van der Waals surface area contributed by atoms with Crippen LogP contribution in [0.5, 0.6) is 0 Å². The quantitative estimate of drug-likeness (QED) is 0.506. The van der Waals surface area contributed by atoms with E-state index in [0.29, 0.717) is 26.1 Å². The van der Waals surface area contributed by atoms with Gasteiger partial charge < -0.3 is 16.4 Å². The number of amides is 2. The number of rotatable bonds is 8. The van der Waals surface area contributed by atoms with Crippen molar-refractivity contribution in [3.8, 4) is 0 Å². The Labute approximate surface area is 212 Å². The third-order valence-corrected chi connectivity index (χ3v) is 7.41. The molecule has 36 heavy (non-hydrogen) atoms. The molecule has 3 aromatic rings. The fourth-order valence-corrected chi connectivity index (χ4v) is 5.36. The Morgan fingerprint density at radius 2 is 1.72 bits per heavy atom. The van der Waals surface area contributed by atoms with Crippen LogP contribution in [0.3, 0.4) is 0 Å². The minimum atomic E-state index is -0.709. The first-order valence-electron chi connectivity index (χ1n) is 12.6. The van der Waals surface area contributed by atoms with E-state index >= 15 is 0 Å². The van der Waals surface area contributed by atoms with Crippen molar-refractivity contribution in [3.63, 3.8) is 0 Å². The molecule has 0 saturated carbocycles. The van der Waals surface area contributed by atoms with E-state index in [1.165, 1.54) is 12.1 Å². The lowest BCUT2D eigenvalue weighted by Crippen LogP contribution is -2.62. The van der Waals surface area contributed by atoms with Gasteiger partial charge in [-0.15, -0.1) is 0 Å². The van der Waals surface area contributed by atoms with E-state index < -0.39 is 12.1 Å². The first kappa shape index (κ1) is 25.8. The molecule has 1 fully saturated rings. The van der Waals surface area contributed by atoms with Gasteiger partial charge in [0, 0.05) is 31.6 Å². The normalized spacial score (nSPS) is 19.1. The van der Waals surface area contributed by atoms with Crippen molar-refractivity contribution in [1.82, 2.24) is 9.80 Å². The molecule has 1 aliphatic rings. The van der Waals surface area contributed by atoms with Gasteiger partial charge in [0.15, 0.2) is 0 Å². The van der Waals surface area contributed by atoms with Gasteiger partial charge in [0.05, 0.1) is 12.1 Å². The molecule has 190 valence electrons. The topological polar surface area (TPSA) is 92.7 Å². The largest absolute Gasteiger partial charge is 0.368 e. The Morgan fingerprint density at radius 3 is 2.39 bits per heavy atom. The smallest absolute Gasteiger partial charge is 0.240 e. The summed E-state index contributed by atoms with van der Waals surface area (Å²) < 4.78 is 13.2. The number of benzene rings is 3. The number of nitrogens with two attached hydrogens (primary N) is 2. The maximum absolute atomic E-state index is 13.2. The molecule has 4 atom stereocenters. The van der Waals surface area contributed by atoms with Crippen LogP contribution in [0.25, 0.3) is 10.8 Å². The lowest BCUT2D eigenvalue weighted by atomic mass is 9.89. The fraction of sp³-hybridized carbons (Fsp3) is 0.379. The number of carbonyl (C=O) groups is 2. The SMILES string of the molecule is CCC1CN(C(C(N)=O)C(C)c2ccc3ccccc3c2)CCN1C(=O)C(N)Cc1ccc(F)cc1. The van der Waals surface area contributed by atoms with Gasteiger partial charge >= 0.3 is 0 Å². The number of primary amides is 1. The molecular formula is C29H35FN4O2. The minimum absolute atomic E-state index is 0.0730. The van der Waals surface area contributed by atoms with Gasteiger partial charge in [-0.3, -0.25) is 14.5 Å². The van der Waals surface area contributed by atoms with Crippen molar-refractivity contribution in [3.05, 3.63) is 83.7 Å². The summed E-state index contributed by atoms with van der Waals surface area (Å²) in [5.74, 6) is -0.905. The number of piperazine rings is 1. The van der Waals surface area contributed by atoms with Gasteiger partial charge in [0.2, 0.25) is 11.8 Å². The maximum atomic E-state index is 13.2. The van der Waals surface area contributed by atoms with Gasteiger partial charge in [-0.05, 0) is 46.9 Å². The van der Waals surface area contributed by atoms with E-state index in [1.807, 2.05) is 30.9 Å². The van der Waals surface area contributed by atoms with Crippen LogP contribution < -0.4 is 11.5 Å². The van der Waals surface area contributed by atoms with Crippen molar-refractivity contribution < 1.29 is 14.0 Å². The highest BCUT2D eigenvalue weighted by Crippen LogP contribution is 2.29. The highest BCUT2D eigenvalue weighted by molar-refractivity contribution is 5.85. The van der Waals surface area contributed by atoms with E-state index in [-0.39, 0.29) is 29.6 Å². The molecule has 1 saturated heterocycles. The van der Waals surface area contributed by atoms with Crippen molar-refractivity contribution >= 4 is 22.6 Å². The summed E-state index contributed by atoms with van der Waals surface area (Å²) >= 11 is 0. The summed E-state index contributed by atoms with van der Waals surface area (Å²) in [5, 5.41) is 2.28. The molecule has 4 rings (SSSR count). The molecule has 4 N–H and O–H groups in total. The van der Waals surface area contributed by atoms with E-state index in [4.69, 9.17) is 11.5 Å². The minimum Gasteiger partial charge on any atom is -0.368 e. The average molecular weight is 491 g/mol. The number of carbonyl (C=O) groups excluding carboxylic acids is 2. The van der Waals surface area contributed by atoms with Crippen LogP contribution >= 0.6 is 0 Å². The molecule has 4 unspecified atom stereocenters. The summed E-state index contributed by atoms with van der Waals surface area (Å²) in [6.07, 6.45) is 1.08. The molecule has 7 heteroatoms. The summed E-state index contributed by atoms with van der Waals surface area (Å²) in [6.45, 7) is 5.64. The highest BCUT2D eigenvalue weighted by Gasteiger charge is 2.38. The average Bonchev–Trinajstić information content (AvgIpc) is 2.89. The first-order valence-corrected chi connectivity index (χ1v) is 12.6. The molecule has 2 amide bonds. The zero-order chi connectivity index (χ0) is 25.8. The predicted molar refractivity (Wildman–Crippen MR) is 141 cm³/mol. The highest BCUT2D eigenvalue weighted by atomic mass is 19.1. The van der Waals surface area contributed by atoms with E-state index in [2.05, 4.69) is 35.2 Å². The van der Waals surface area contributed by atoms with Crippen LogP contribution in [0.15, 0.2) is 66.7 Å². The standard InChI is InChI=1S/C29H35FN4O2/c1-3-25-18-33(14-15-34(25)29(36)26(31)16-20-8-12-24(30)13-9-20)27(28(32)35)19(2)22-11-10-21-6-4-5-7-23(21)17-22/h4-13,17,19,25-27H,3,14-16,18,31H2,1-2H3,(H2,32,35). The lowest BCUT2D eigenvalue weighted by Gasteiger charge is -2.45. The van der Waals surface area contributed by atoms with Gasteiger partial charge in [0.1, 0.15) is 5.82 Å². The van der Waals surface area contributed by atoms with Gasteiger partial charge in [-0.2, -0.15) is 0 Å². The van der Waals surface area contributed by atoms with Crippen LogP contribution in [0.1, 0.15) is 37.3 Å². The van der Waals surface area contributed by atoms with Gasteiger partial charge in [-0.1, -0.05) is 68.4 Å². The third kappa shape index (κ3) is 5.58. The molecule has 0 radical (unpaired) electrons. The van der Waals surface area contributed by atoms with Crippen LogP contribution in [-0.2, 0) is 16.0 Å². The zero-order valence-corrected chi connectivity index (χ0v) is 20.9. The Balaban J connectivity index is 1.47. The van der Waals surface area contributed by atoms with Crippen LogP contribution in [0, 0.1) is 5.82 Å². The molecular weight excluding hydrogens is 455 g/mol. The number of hydrogen-bond donors (Lipinski definition) is 2. The number of fused-ring (bicyclic) bond motifs is 1. The number of hydrogen-bond acceptors (Lipinski definition) is 4. The maximum Gasteiger partial charge on any atom is 0.240 e. The van der Waals surface area contributed by atoms with E-state index in [9.17, 15) is 14.0 Å². The second-order valence-corrected chi connectivity index (χ2v) is 9.77. The van der Waals surface area contributed by atoms with Crippen LogP contribution in [-0.4, -0.2) is 59.4 Å². The van der Waals surface area contributed by atoms with Crippen molar-refractivity contribution in [2.75, 3.05) is 19.6 Å². The summed E-state index contributed by atoms with van der Waals surface area (Å²) in [6, 6.07) is 19.2. The zero-order valence-electron chi connectivity index (χ0n) is 20.9. The second-order valence-electron chi connectivity index (χ2n) is 9.77. The summed E-state index contributed by atoms with van der Waals surface area (Å²) in [4.78, 5) is 29.9. The Bertz CT molecular complexity index is 1220. The van der Waals surface area contributed by atoms with E-state index in [1.54, 1.807) is 12.1 Å². The fourth-order valence-electron chi connectivity index (χ4n) is 5.36. The Hall–Kier alpha value is -3.29. The van der Waals surface area contributed by atoms with Crippen LogP contribution in [0.2, 0.25) is 0 Å². The van der Waals surface area contributed by atoms with Crippen molar-refractivity contribution in [2.45, 2.75) is 50.7 Å². The van der Waals surface area contributed by atoms with E-state index in [0.717, 1.165) is 28.3 Å².